The van der Waals surface area contributed by atoms with E-state index in [0.717, 1.165) is 5.70 Å². The van der Waals surface area contributed by atoms with Gasteiger partial charge in [0, 0.05) is 11.6 Å². The Morgan fingerprint density at radius 2 is 0.930 bits per heavy atom. The molecule has 1 nitrogen and oxygen atoms in total. The van der Waals surface area contributed by atoms with Crippen LogP contribution < -0.4 is 5.32 Å². The Labute approximate surface area is 254 Å². The molecule has 0 aliphatic carbocycles. The molecule has 0 bridgehead atoms. The van der Waals surface area contributed by atoms with Gasteiger partial charge in [-0.05, 0) is 85.3 Å². The summed E-state index contributed by atoms with van der Waals surface area (Å²) in [6.07, 6.45) is 2.19. The van der Waals surface area contributed by atoms with Gasteiger partial charge in [0.2, 0.25) is 0 Å². The molecule has 43 heavy (non-hydrogen) atoms. The maximum Gasteiger partial charge on any atom is 0.0768 e. The van der Waals surface area contributed by atoms with Crippen LogP contribution in [0.3, 0.4) is 0 Å². The average Bonchev–Trinajstić information content (AvgIpc) is 3.08. The molecule has 0 saturated carbocycles. The molecule has 0 radical (unpaired) electrons. The van der Waals surface area contributed by atoms with Crippen molar-refractivity contribution in [2.45, 2.75) is 25.8 Å². The molecule has 7 aromatic carbocycles. The zero-order valence-electron chi connectivity index (χ0n) is 24.7. The van der Waals surface area contributed by atoms with Gasteiger partial charge in [0.1, 0.15) is 0 Å². The maximum atomic E-state index is 3.96. The van der Waals surface area contributed by atoms with Gasteiger partial charge in [-0.15, -0.1) is 0 Å². The molecule has 7 aromatic rings. The standard InChI is InChI=1S/C42H35N/c1-3-41(38-22-17-31-13-7-9-15-34(31)26-38)43-42(39-23-18-32-14-8-10-16-35(32)27-39)40-24-21-36-25-33(19-20-37(36)28-40)29(2)30-11-5-4-6-12-30/h3-29,42-43H,1-2H3/b41-3-. The van der Waals surface area contributed by atoms with Gasteiger partial charge in [0.05, 0.1) is 6.04 Å². The normalized spacial score (nSPS) is 13.3. The molecule has 0 saturated heterocycles. The zero-order valence-corrected chi connectivity index (χ0v) is 24.7. The average molecular weight is 554 g/mol. The fourth-order valence-electron chi connectivity index (χ4n) is 6.26. The lowest BCUT2D eigenvalue weighted by atomic mass is 9.90. The maximum absolute atomic E-state index is 3.96. The Morgan fingerprint density at radius 3 is 1.56 bits per heavy atom. The first-order chi connectivity index (χ1) is 21.2. The van der Waals surface area contributed by atoms with Crippen LogP contribution in [-0.2, 0) is 0 Å². The minimum absolute atomic E-state index is 0.0189. The summed E-state index contributed by atoms with van der Waals surface area (Å²) in [4.78, 5) is 0. The van der Waals surface area contributed by atoms with Crippen molar-refractivity contribution in [3.05, 3.63) is 186 Å². The van der Waals surface area contributed by atoms with Crippen LogP contribution >= 0.6 is 0 Å². The van der Waals surface area contributed by atoms with E-state index in [-0.39, 0.29) is 6.04 Å². The van der Waals surface area contributed by atoms with Crippen molar-refractivity contribution in [1.29, 1.82) is 0 Å². The minimum atomic E-state index is -0.0189. The summed E-state index contributed by atoms with van der Waals surface area (Å²) in [6.45, 7) is 4.40. The molecule has 1 N–H and O–H groups in total. The van der Waals surface area contributed by atoms with E-state index in [0.29, 0.717) is 5.92 Å². The van der Waals surface area contributed by atoms with E-state index in [4.69, 9.17) is 0 Å². The highest BCUT2D eigenvalue weighted by Crippen LogP contribution is 2.33. The number of fused-ring (bicyclic) bond motifs is 3. The van der Waals surface area contributed by atoms with Crippen molar-refractivity contribution in [3.63, 3.8) is 0 Å². The number of allylic oxidation sites excluding steroid dienone is 1. The third-order valence-corrected chi connectivity index (χ3v) is 8.78. The van der Waals surface area contributed by atoms with Crippen LogP contribution in [0, 0.1) is 0 Å². The topological polar surface area (TPSA) is 12.0 Å². The molecule has 0 aliphatic rings. The van der Waals surface area contributed by atoms with Gasteiger partial charge in [-0.25, -0.2) is 0 Å². The quantitative estimate of drug-likeness (QED) is 0.207. The van der Waals surface area contributed by atoms with Crippen LogP contribution in [-0.4, -0.2) is 0 Å². The van der Waals surface area contributed by atoms with Crippen molar-refractivity contribution >= 4 is 38.0 Å². The second kappa shape index (κ2) is 11.6. The van der Waals surface area contributed by atoms with E-state index in [2.05, 4.69) is 177 Å². The summed E-state index contributed by atoms with van der Waals surface area (Å²) < 4.78 is 0. The third kappa shape index (κ3) is 5.43. The Balaban J connectivity index is 1.29. The fraction of sp³-hybridized carbons (Fsp3) is 0.0952. The molecule has 208 valence electrons. The second-order valence-electron chi connectivity index (χ2n) is 11.4. The number of rotatable bonds is 7. The van der Waals surface area contributed by atoms with E-state index < -0.39 is 0 Å². The summed E-state index contributed by atoms with van der Waals surface area (Å²) in [5.41, 5.74) is 7.47. The Kier molecular flexibility index (Phi) is 7.23. The Morgan fingerprint density at radius 1 is 0.465 bits per heavy atom. The first-order valence-corrected chi connectivity index (χ1v) is 15.2. The summed E-state index contributed by atoms with van der Waals surface area (Å²) >= 11 is 0. The van der Waals surface area contributed by atoms with E-state index in [1.807, 2.05) is 0 Å². The highest BCUT2D eigenvalue weighted by atomic mass is 14.9. The van der Waals surface area contributed by atoms with Crippen molar-refractivity contribution < 1.29 is 0 Å². The summed E-state index contributed by atoms with van der Waals surface area (Å²) in [5.74, 6) is 0.344. The van der Waals surface area contributed by atoms with E-state index in [1.165, 1.54) is 60.1 Å². The molecular formula is C42H35N. The molecule has 2 atom stereocenters. The second-order valence-corrected chi connectivity index (χ2v) is 11.4. The molecule has 1 heteroatoms. The van der Waals surface area contributed by atoms with Crippen molar-refractivity contribution in [2.24, 2.45) is 0 Å². The molecule has 0 fully saturated rings. The number of hydrogen-bond acceptors (Lipinski definition) is 1. The predicted molar refractivity (Wildman–Crippen MR) is 184 cm³/mol. The molecule has 0 heterocycles. The molecule has 0 spiro atoms. The van der Waals surface area contributed by atoms with E-state index >= 15 is 0 Å². The lowest BCUT2D eigenvalue weighted by Gasteiger charge is -2.24. The van der Waals surface area contributed by atoms with Gasteiger partial charge in [-0.2, -0.15) is 0 Å². The highest BCUT2D eigenvalue weighted by Gasteiger charge is 2.18. The molecular weight excluding hydrogens is 518 g/mol. The van der Waals surface area contributed by atoms with Crippen molar-refractivity contribution in [1.82, 2.24) is 5.32 Å². The van der Waals surface area contributed by atoms with Gasteiger partial charge < -0.3 is 5.32 Å². The van der Waals surface area contributed by atoms with Gasteiger partial charge in [0.15, 0.2) is 0 Å². The van der Waals surface area contributed by atoms with Crippen molar-refractivity contribution in [3.8, 4) is 0 Å². The highest BCUT2D eigenvalue weighted by molar-refractivity contribution is 5.87. The smallest absolute Gasteiger partial charge is 0.0768 e. The SMILES string of the molecule is C/C=C(\NC(c1ccc2ccccc2c1)c1ccc2cc(C(C)c3ccccc3)ccc2c1)c1ccc2ccccc2c1. The first-order valence-electron chi connectivity index (χ1n) is 15.2. The van der Waals surface area contributed by atoms with Crippen LogP contribution in [0.15, 0.2) is 158 Å². The summed E-state index contributed by atoms with van der Waals surface area (Å²) in [6, 6.07) is 55.3. The molecule has 7 rings (SSSR count). The fourth-order valence-corrected chi connectivity index (χ4v) is 6.26. The van der Waals surface area contributed by atoms with Gasteiger partial charge in [0.25, 0.3) is 0 Å². The van der Waals surface area contributed by atoms with Crippen LogP contribution in [0.1, 0.15) is 53.6 Å². The summed E-state index contributed by atoms with van der Waals surface area (Å²) in [7, 11) is 0. The van der Waals surface area contributed by atoms with E-state index in [9.17, 15) is 0 Å². The van der Waals surface area contributed by atoms with E-state index in [1.54, 1.807) is 0 Å². The minimum Gasteiger partial charge on any atom is -0.374 e. The van der Waals surface area contributed by atoms with Crippen LogP contribution in [0.4, 0.5) is 0 Å². The monoisotopic (exact) mass is 553 g/mol. The lowest BCUT2D eigenvalue weighted by Crippen LogP contribution is -2.21. The predicted octanol–water partition coefficient (Wildman–Crippen LogP) is 11.0. The van der Waals surface area contributed by atoms with Gasteiger partial charge >= 0.3 is 0 Å². The third-order valence-electron chi connectivity index (χ3n) is 8.78. The van der Waals surface area contributed by atoms with Crippen LogP contribution in [0.25, 0.3) is 38.0 Å². The van der Waals surface area contributed by atoms with Crippen LogP contribution in [0.2, 0.25) is 0 Å². The largest absolute Gasteiger partial charge is 0.374 e. The molecule has 2 unspecified atom stereocenters. The van der Waals surface area contributed by atoms with Crippen molar-refractivity contribution in [2.75, 3.05) is 0 Å². The number of nitrogens with one attached hydrogen (secondary N) is 1. The number of hydrogen-bond donors (Lipinski definition) is 1. The van der Waals surface area contributed by atoms with Gasteiger partial charge in [-0.3, -0.25) is 0 Å². The molecule has 0 aliphatic heterocycles. The molecule has 0 amide bonds. The molecule has 0 aromatic heterocycles. The number of benzene rings is 7. The lowest BCUT2D eigenvalue weighted by molar-refractivity contribution is 0.746. The first kappa shape index (κ1) is 26.7. The Bertz CT molecular complexity index is 2090. The van der Waals surface area contributed by atoms with Gasteiger partial charge in [-0.1, -0.05) is 146 Å². The zero-order chi connectivity index (χ0) is 29.2. The Hall–Kier alpha value is -5.14. The van der Waals surface area contributed by atoms with Crippen LogP contribution in [0.5, 0.6) is 0 Å². The summed E-state index contributed by atoms with van der Waals surface area (Å²) in [5, 5.41) is 11.5.